The minimum Gasteiger partial charge on any atom is -0.490 e. The Morgan fingerprint density at radius 2 is 1.84 bits per heavy atom. The molecule has 0 unspecified atom stereocenters. The van der Waals surface area contributed by atoms with E-state index in [9.17, 15) is 13.2 Å². The third-order valence-corrected chi connectivity index (χ3v) is 6.65. The molecule has 8 heteroatoms. The number of sulfonamides is 1. The molecule has 2 aromatic rings. The second-order valence-corrected chi connectivity index (χ2v) is 11.1. The summed E-state index contributed by atoms with van der Waals surface area (Å²) in [6, 6.07) is 11.7. The second kappa shape index (κ2) is 9.09. The lowest BCUT2D eigenvalue weighted by atomic mass is 9.92. The Balaban J connectivity index is 1.88. The van der Waals surface area contributed by atoms with E-state index in [2.05, 4.69) is 18.6 Å². The molecular formula is C23H29ClN2O4S. The lowest BCUT2D eigenvalue weighted by Crippen LogP contribution is -2.42. The van der Waals surface area contributed by atoms with Gasteiger partial charge in [0.2, 0.25) is 15.9 Å². The number of anilines is 2. The summed E-state index contributed by atoms with van der Waals surface area (Å²) in [7, 11) is -3.65. The van der Waals surface area contributed by atoms with Gasteiger partial charge in [0.1, 0.15) is 12.4 Å². The van der Waals surface area contributed by atoms with Gasteiger partial charge in [0.15, 0.2) is 0 Å². The quantitative estimate of drug-likeness (QED) is 0.620. The average Bonchev–Trinajstić information content (AvgIpc) is 2.76. The summed E-state index contributed by atoms with van der Waals surface area (Å²) in [5.41, 5.74) is 0.927. The van der Waals surface area contributed by atoms with Crippen LogP contribution < -0.4 is 14.4 Å². The number of carbonyl (C=O) groups is 1. The Morgan fingerprint density at radius 3 is 2.48 bits per heavy atom. The predicted molar refractivity (Wildman–Crippen MR) is 125 cm³/mol. The normalized spacial score (nSPS) is 15.9. The van der Waals surface area contributed by atoms with E-state index in [1.165, 1.54) is 0 Å². The highest BCUT2D eigenvalue weighted by molar-refractivity contribution is 7.91. The topological polar surface area (TPSA) is 75.7 Å². The molecule has 1 N–H and O–H groups in total. The van der Waals surface area contributed by atoms with E-state index >= 15 is 0 Å². The molecule has 0 spiro atoms. The maximum Gasteiger partial charge on any atom is 0.236 e. The number of nitrogens with one attached hydrogen (secondary N) is 1. The number of carbonyl (C=O) groups excluding carboxylic acids is 1. The van der Waals surface area contributed by atoms with Crippen molar-refractivity contribution in [2.24, 2.45) is 11.3 Å². The van der Waals surface area contributed by atoms with Crippen LogP contribution in [0.5, 0.6) is 5.75 Å². The van der Waals surface area contributed by atoms with Gasteiger partial charge in [-0.2, -0.15) is 0 Å². The number of hydrogen-bond acceptors (Lipinski definition) is 4. The molecular weight excluding hydrogens is 436 g/mol. The second-order valence-electron chi connectivity index (χ2n) is 8.98. The van der Waals surface area contributed by atoms with Crippen LogP contribution in [-0.4, -0.2) is 27.5 Å². The summed E-state index contributed by atoms with van der Waals surface area (Å²) in [5.74, 6) is 0.779. The van der Waals surface area contributed by atoms with E-state index in [0.29, 0.717) is 40.2 Å². The molecule has 0 atom stereocenters. The van der Waals surface area contributed by atoms with Crippen LogP contribution in [0.3, 0.4) is 0 Å². The van der Waals surface area contributed by atoms with E-state index < -0.39 is 15.4 Å². The molecule has 168 valence electrons. The number of hydrogen-bond donors (Lipinski definition) is 1. The van der Waals surface area contributed by atoms with Crippen LogP contribution in [0.25, 0.3) is 0 Å². The molecule has 0 radical (unpaired) electrons. The zero-order valence-electron chi connectivity index (χ0n) is 18.3. The van der Waals surface area contributed by atoms with Crippen molar-refractivity contribution < 1.29 is 17.9 Å². The van der Waals surface area contributed by atoms with E-state index in [1.807, 2.05) is 13.8 Å². The molecule has 6 nitrogen and oxygen atoms in total. The van der Waals surface area contributed by atoms with Crippen LogP contribution in [-0.2, 0) is 20.6 Å². The zero-order chi connectivity index (χ0) is 22.8. The zero-order valence-corrected chi connectivity index (χ0v) is 19.9. The molecule has 0 saturated carbocycles. The SMILES string of the molecule is CC(C)CCN1C(=O)C(C)(C)COc2ccc(NS(=O)(=O)Cc3ccc(Cl)cc3)cc21. The smallest absolute Gasteiger partial charge is 0.236 e. The first-order chi connectivity index (χ1) is 14.5. The number of benzene rings is 2. The van der Waals surface area contributed by atoms with Gasteiger partial charge in [0.25, 0.3) is 0 Å². The van der Waals surface area contributed by atoms with Crippen LogP contribution >= 0.6 is 11.6 Å². The fourth-order valence-electron chi connectivity index (χ4n) is 3.33. The van der Waals surface area contributed by atoms with Gasteiger partial charge in [-0.15, -0.1) is 0 Å². The number of fused-ring (bicyclic) bond motifs is 1. The van der Waals surface area contributed by atoms with E-state index in [4.69, 9.17) is 16.3 Å². The molecule has 1 heterocycles. The van der Waals surface area contributed by atoms with Crippen molar-refractivity contribution in [1.82, 2.24) is 0 Å². The molecule has 0 fully saturated rings. The first-order valence-electron chi connectivity index (χ1n) is 10.3. The molecule has 1 aliphatic heterocycles. The van der Waals surface area contributed by atoms with Crippen molar-refractivity contribution in [3.05, 3.63) is 53.1 Å². The third kappa shape index (κ3) is 5.92. The molecule has 0 aromatic heterocycles. The monoisotopic (exact) mass is 464 g/mol. The predicted octanol–water partition coefficient (Wildman–Crippen LogP) is 5.08. The molecule has 1 aliphatic rings. The first kappa shape index (κ1) is 23.4. The highest BCUT2D eigenvalue weighted by atomic mass is 35.5. The van der Waals surface area contributed by atoms with Gasteiger partial charge < -0.3 is 9.64 Å². The minimum atomic E-state index is -3.65. The molecule has 3 rings (SSSR count). The Labute approximate surface area is 189 Å². The van der Waals surface area contributed by atoms with Gasteiger partial charge >= 0.3 is 0 Å². The molecule has 31 heavy (non-hydrogen) atoms. The number of nitrogens with zero attached hydrogens (tertiary/aromatic N) is 1. The molecule has 2 aromatic carbocycles. The van der Waals surface area contributed by atoms with E-state index in [0.717, 1.165) is 6.42 Å². The van der Waals surface area contributed by atoms with Gasteiger partial charge in [-0.3, -0.25) is 9.52 Å². The molecule has 0 bridgehead atoms. The van der Waals surface area contributed by atoms with Gasteiger partial charge in [-0.05, 0) is 62.1 Å². The van der Waals surface area contributed by atoms with Crippen LogP contribution in [0.15, 0.2) is 42.5 Å². The van der Waals surface area contributed by atoms with Crippen molar-refractivity contribution in [2.75, 3.05) is 22.8 Å². The average molecular weight is 465 g/mol. The first-order valence-corrected chi connectivity index (χ1v) is 12.3. The van der Waals surface area contributed by atoms with Crippen molar-refractivity contribution in [2.45, 2.75) is 39.9 Å². The van der Waals surface area contributed by atoms with Crippen LogP contribution in [0.1, 0.15) is 39.7 Å². The van der Waals surface area contributed by atoms with Crippen LogP contribution in [0, 0.1) is 11.3 Å². The maximum absolute atomic E-state index is 13.2. The van der Waals surface area contributed by atoms with E-state index in [-0.39, 0.29) is 18.3 Å². The summed E-state index contributed by atoms with van der Waals surface area (Å²) in [6.45, 7) is 8.73. The lowest BCUT2D eigenvalue weighted by Gasteiger charge is -2.28. The summed E-state index contributed by atoms with van der Waals surface area (Å²) in [6.07, 6.45) is 0.827. The highest BCUT2D eigenvalue weighted by Crippen LogP contribution is 2.38. The molecule has 0 aliphatic carbocycles. The van der Waals surface area contributed by atoms with Gasteiger partial charge in [-0.1, -0.05) is 37.6 Å². The minimum absolute atomic E-state index is 0.0342. The number of ether oxygens (including phenoxy) is 1. The Hall–Kier alpha value is -2.25. The van der Waals surface area contributed by atoms with Crippen molar-refractivity contribution in [1.29, 1.82) is 0 Å². The van der Waals surface area contributed by atoms with Crippen LogP contribution in [0.4, 0.5) is 11.4 Å². The largest absolute Gasteiger partial charge is 0.490 e. The van der Waals surface area contributed by atoms with Crippen LogP contribution in [0.2, 0.25) is 5.02 Å². The lowest BCUT2D eigenvalue weighted by molar-refractivity contribution is -0.127. The van der Waals surface area contributed by atoms with Crippen molar-refractivity contribution in [3.8, 4) is 5.75 Å². The van der Waals surface area contributed by atoms with E-state index in [1.54, 1.807) is 47.4 Å². The summed E-state index contributed by atoms with van der Waals surface area (Å²) < 4.78 is 33.9. The van der Waals surface area contributed by atoms with Gasteiger partial charge in [0, 0.05) is 11.6 Å². The van der Waals surface area contributed by atoms with Crippen molar-refractivity contribution in [3.63, 3.8) is 0 Å². The maximum atomic E-state index is 13.2. The van der Waals surface area contributed by atoms with Gasteiger partial charge in [0.05, 0.1) is 22.5 Å². The third-order valence-electron chi connectivity index (χ3n) is 5.14. The molecule has 0 saturated heterocycles. The fraction of sp³-hybridized carbons (Fsp3) is 0.435. The number of halogens is 1. The summed E-state index contributed by atoms with van der Waals surface area (Å²) in [4.78, 5) is 14.9. The fourth-order valence-corrected chi connectivity index (χ4v) is 4.65. The standard InChI is InChI=1S/C23H29ClN2O4S/c1-16(2)11-12-26-20-13-19(9-10-21(20)30-15-23(3,4)22(26)27)25-31(28,29)14-17-5-7-18(24)8-6-17/h5-10,13,16,25H,11-12,14-15H2,1-4H3. The highest BCUT2D eigenvalue weighted by Gasteiger charge is 2.37. The Morgan fingerprint density at radius 1 is 1.16 bits per heavy atom. The Kier molecular flexibility index (Phi) is 6.86. The number of rotatable bonds is 7. The molecule has 1 amide bonds. The number of amides is 1. The van der Waals surface area contributed by atoms with Gasteiger partial charge in [-0.25, -0.2) is 8.42 Å². The Bertz CT molecular complexity index is 1050. The summed E-state index contributed by atoms with van der Waals surface area (Å²) >= 11 is 5.87. The summed E-state index contributed by atoms with van der Waals surface area (Å²) in [5, 5.41) is 0.550. The van der Waals surface area contributed by atoms with Crippen molar-refractivity contribution >= 4 is 38.9 Å².